The Balaban J connectivity index is 1.89. The number of carbonyl (C=O) groups excluding carboxylic acids is 1. The summed E-state index contributed by atoms with van der Waals surface area (Å²) in [6, 6.07) is 11.2. The van der Waals surface area contributed by atoms with Gasteiger partial charge in [-0.15, -0.1) is 0 Å². The predicted octanol–water partition coefficient (Wildman–Crippen LogP) is 2.85. The van der Waals surface area contributed by atoms with E-state index in [4.69, 9.17) is 4.74 Å². The van der Waals surface area contributed by atoms with Gasteiger partial charge < -0.3 is 14.7 Å². The van der Waals surface area contributed by atoms with Crippen LogP contribution in [0.3, 0.4) is 0 Å². The minimum Gasteiger partial charge on any atom is -0.497 e. The molecular weight excluding hydrogens is 297 g/mol. The van der Waals surface area contributed by atoms with Crippen LogP contribution < -0.4 is 9.64 Å². The zero-order chi connectivity index (χ0) is 16.4. The third-order valence-corrected chi connectivity index (χ3v) is 4.07. The van der Waals surface area contributed by atoms with Crippen LogP contribution in [0.25, 0.3) is 0 Å². The van der Waals surface area contributed by atoms with Crippen LogP contribution in [-0.2, 0) is 11.2 Å². The zero-order valence-corrected chi connectivity index (χ0v) is 12.8. The average Bonchev–Trinajstić information content (AvgIpc) is 2.59. The van der Waals surface area contributed by atoms with Gasteiger partial charge in [0.2, 0.25) is 0 Å². The van der Waals surface area contributed by atoms with E-state index in [1.807, 2.05) is 0 Å². The van der Waals surface area contributed by atoms with Crippen molar-refractivity contribution in [3.8, 4) is 5.75 Å². The molecule has 0 saturated carbocycles. The molecule has 5 heteroatoms. The van der Waals surface area contributed by atoms with Gasteiger partial charge in [0.15, 0.2) is 6.10 Å². The molecule has 2 aromatic rings. The van der Waals surface area contributed by atoms with Crippen LogP contribution in [0.1, 0.15) is 23.7 Å². The molecule has 1 N–H and O–H groups in total. The van der Waals surface area contributed by atoms with E-state index in [0.29, 0.717) is 23.5 Å². The van der Waals surface area contributed by atoms with E-state index < -0.39 is 12.0 Å². The predicted molar refractivity (Wildman–Crippen MR) is 85.0 cm³/mol. The molecule has 0 spiro atoms. The molecule has 120 valence electrons. The molecule has 0 aromatic heterocycles. The molecule has 1 amide bonds. The van der Waals surface area contributed by atoms with Gasteiger partial charge in [-0.3, -0.25) is 4.79 Å². The lowest BCUT2D eigenvalue weighted by molar-refractivity contribution is -0.127. The zero-order valence-electron chi connectivity index (χ0n) is 12.8. The average molecular weight is 315 g/mol. The Bertz CT molecular complexity index is 732. The molecule has 4 nitrogen and oxygen atoms in total. The third kappa shape index (κ3) is 3.05. The number of anilines is 1. The molecule has 1 atom stereocenters. The molecule has 3 rings (SSSR count). The number of amides is 1. The lowest BCUT2D eigenvalue weighted by Gasteiger charge is -2.31. The highest BCUT2D eigenvalue weighted by Gasteiger charge is 2.28. The Morgan fingerprint density at radius 2 is 2.13 bits per heavy atom. The SMILES string of the molecule is COc1cccc(C(O)C(=O)N2CCCc3cc(F)ccc32)c1. The van der Waals surface area contributed by atoms with Crippen molar-refractivity contribution in [1.82, 2.24) is 0 Å². The molecule has 23 heavy (non-hydrogen) atoms. The van der Waals surface area contributed by atoms with E-state index in [1.165, 1.54) is 24.1 Å². The Morgan fingerprint density at radius 1 is 1.30 bits per heavy atom. The molecule has 0 saturated heterocycles. The normalized spacial score (nSPS) is 15.0. The second kappa shape index (κ2) is 6.38. The smallest absolute Gasteiger partial charge is 0.260 e. The lowest BCUT2D eigenvalue weighted by Crippen LogP contribution is -2.38. The molecule has 0 radical (unpaired) electrons. The second-order valence-electron chi connectivity index (χ2n) is 5.55. The molecule has 1 unspecified atom stereocenters. The fraction of sp³-hybridized carbons (Fsp3) is 0.278. The summed E-state index contributed by atoms with van der Waals surface area (Å²) in [5.41, 5.74) is 1.94. The molecule has 1 heterocycles. The van der Waals surface area contributed by atoms with Crippen molar-refractivity contribution in [2.75, 3.05) is 18.6 Å². The van der Waals surface area contributed by atoms with Crippen molar-refractivity contribution in [2.24, 2.45) is 0 Å². The summed E-state index contributed by atoms with van der Waals surface area (Å²) in [7, 11) is 1.53. The van der Waals surface area contributed by atoms with Gasteiger partial charge in [0.25, 0.3) is 5.91 Å². The summed E-state index contributed by atoms with van der Waals surface area (Å²) in [6.07, 6.45) is 0.195. The van der Waals surface area contributed by atoms with Gasteiger partial charge in [-0.1, -0.05) is 12.1 Å². The monoisotopic (exact) mass is 315 g/mol. The topological polar surface area (TPSA) is 49.8 Å². The fourth-order valence-electron chi connectivity index (χ4n) is 2.90. The number of hydrogen-bond acceptors (Lipinski definition) is 3. The Hall–Kier alpha value is -2.40. The van der Waals surface area contributed by atoms with Crippen LogP contribution in [-0.4, -0.2) is 24.7 Å². The van der Waals surface area contributed by atoms with Crippen LogP contribution in [0.2, 0.25) is 0 Å². The van der Waals surface area contributed by atoms with E-state index in [0.717, 1.165) is 18.4 Å². The highest BCUT2D eigenvalue weighted by molar-refractivity contribution is 5.98. The van der Waals surface area contributed by atoms with E-state index in [2.05, 4.69) is 0 Å². The summed E-state index contributed by atoms with van der Waals surface area (Å²) in [6.45, 7) is 0.512. The first-order valence-corrected chi connectivity index (χ1v) is 7.52. The van der Waals surface area contributed by atoms with Crippen molar-refractivity contribution in [3.63, 3.8) is 0 Å². The number of aliphatic hydroxyl groups is 1. The largest absolute Gasteiger partial charge is 0.497 e. The number of methoxy groups -OCH3 is 1. The number of aliphatic hydroxyl groups excluding tert-OH is 1. The number of nitrogens with zero attached hydrogens (tertiary/aromatic N) is 1. The minimum atomic E-state index is -1.28. The molecule has 2 aromatic carbocycles. The van der Waals surface area contributed by atoms with Gasteiger partial charge in [0, 0.05) is 12.2 Å². The standard InChI is InChI=1S/C18H18FNO3/c1-23-15-6-2-4-13(11-15)17(21)18(22)20-9-3-5-12-10-14(19)7-8-16(12)20/h2,4,6-8,10-11,17,21H,3,5,9H2,1H3. The van der Waals surface area contributed by atoms with E-state index in [-0.39, 0.29) is 5.82 Å². The van der Waals surface area contributed by atoms with Crippen LogP contribution >= 0.6 is 0 Å². The maximum Gasteiger partial charge on any atom is 0.260 e. The van der Waals surface area contributed by atoms with Crippen LogP contribution in [0.15, 0.2) is 42.5 Å². The number of benzene rings is 2. The summed E-state index contributed by atoms with van der Waals surface area (Å²) in [5, 5.41) is 10.4. The minimum absolute atomic E-state index is 0.314. The van der Waals surface area contributed by atoms with Crippen molar-refractivity contribution in [3.05, 3.63) is 59.4 Å². The van der Waals surface area contributed by atoms with Crippen LogP contribution in [0.5, 0.6) is 5.75 Å². The lowest BCUT2D eigenvalue weighted by atomic mass is 10.00. The van der Waals surface area contributed by atoms with Gasteiger partial charge in [-0.05, 0) is 54.3 Å². The first-order valence-electron chi connectivity index (χ1n) is 7.52. The third-order valence-electron chi connectivity index (χ3n) is 4.07. The van der Waals surface area contributed by atoms with Gasteiger partial charge in [0.1, 0.15) is 11.6 Å². The Labute approximate surface area is 134 Å². The quantitative estimate of drug-likeness (QED) is 0.947. The highest BCUT2D eigenvalue weighted by Crippen LogP contribution is 2.30. The first kappa shape index (κ1) is 15.5. The first-order chi connectivity index (χ1) is 11.1. The Kier molecular flexibility index (Phi) is 4.30. The van der Waals surface area contributed by atoms with E-state index >= 15 is 0 Å². The summed E-state index contributed by atoms with van der Waals surface area (Å²) >= 11 is 0. The summed E-state index contributed by atoms with van der Waals surface area (Å²) in [5.74, 6) is -0.146. The van der Waals surface area contributed by atoms with E-state index in [1.54, 1.807) is 30.3 Å². The van der Waals surface area contributed by atoms with Gasteiger partial charge in [-0.2, -0.15) is 0 Å². The molecule has 0 aliphatic carbocycles. The van der Waals surface area contributed by atoms with E-state index in [9.17, 15) is 14.3 Å². The summed E-state index contributed by atoms with van der Waals surface area (Å²) < 4.78 is 18.5. The number of halogens is 1. The number of ether oxygens (including phenoxy) is 1. The van der Waals surface area contributed by atoms with Crippen LogP contribution in [0, 0.1) is 5.82 Å². The molecule has 0 bridgehead atoms. The molecule has 0 fully saturated rings. The summed E-state index contributed by atoms with van der Waals surface area (Å²) in [4.78, 5) is 14.2. The van der Waals surface area contributed by atoms with Gasteiger partial charge in [0.05, 0.1) is 7.11 Å². The fourth-order valence-corrected chi connectivity index (χ4v) is 2.90. The number of fused-ring (bicyclic) bond motifs is 1. The van der Waals surface area contributed by atoms with Crippen molar-refractivity contribution in [2.45, 2.75) is 18.9 Å². The van der Waals surface area contributed by atoms with Crippen molar-refractivity contribution >= 4 is 11.6 Å². The van der Waals surface area contributed by atoms with Gasteiger partial charge >= 0.3 is 0 Å². The maximum absolute atomic E-state index is 13.4. The molecular formula is C18H18FNO3. The molecule has 1 aliphatic rings. The number of rotatable bonds is 3. The van der Waals surface area contributed by atoms with Crippen molar-refractivity contribution in [1.29, 1.82) is 0 Å². The number of hydrogen-bond donors (Lipinski definition) is 1. The highest BCUT2D eigenvalue weighted by atomic mass is 19.1. The molecule has 1 aliphatic heterocycles. The maximum atomic E-state index is 13.4. The number of carbonyl (C=O) groups is 1. The van der Waals surface area contributed by atoms with Crippen LogP contribution in [0.4, 0.5) is 10.1 Å². The second-order valence-corrected chi connectivity index (χ2v) is 5.55. The van der Waals surface area contributed by atoms with Crippen molar-refractivity contribution < 1.29 is 19.0 Å². The van der Waals surface area contributed by atoms with Gasteiger partial charge in [-0.25, -0.2) is 4.39 Å². The Morgan fingerprint density at radius 3 is 2.91 bits per heavy atom. The number of aryl methyl sites for hydroxylation is 1.